The molecule has 1 aromatic carbocycles. The zero-order valence-corrected chi connectivity index (χ0v) is 14.3. The molecule has 2 atom stereocenters. The third-order valence-electron chi connectivity index (χ3n) is 5.20. The number of nitrogens with one attached hydrogen (secondary N) is 1. The fraction of sp³-hybridized carbons (Fsp3) is 0.632. The molecule has 3 N–H and O–H groups in total. The van der Waals surface area contributed by atoms with E-state index in [4.69, 9.17) is 0 Å². The number of likely N-dealkylation sites (tertiary alicyclic amines) is 1. The minimum absolute atomic E-state index is 0.0154. The molecule has 2 fully saturated rings. The van der Waals surface area contributed by atoms with Crippen LogP contribution in [0.5, 0.6) is 0 Å². The van der Waals surface area contributed by atoms with Crippen molar-refractivity contribution in [2.75, 3.05) is 19.6 Å². The van der Waals surface area contributed by atoms with E-state index in [0.717, 1.165) is 44.3 Å². The molecular weight excluding hydrogens is 304 g/mol. The normalized spacial score (nSPS) is 23.5. The summed E-state index contributed by atoms with van der Waals surface area (Å²) in [6.45, 7) is 3.99. The van der Waals surface area contributed by atoms with Crippen LogP contribution in [0, 0.1) is 5.92 Å². The van der Waals surface area contributed by atoms with Crippen molar-refractivity contribution >= 4 is 5.91 Å². The van der Waals surface area contributed by atoms with Gasteiger partial charge in [0.25, 0.3) is 0 Å². The first-order chi connectivity index (χ1) is 11.5. The monoisotopic (exact) mass is 332 g/mol. The number of rotatable bonds is 6. The largest absolute Gasteiger partial charge is 0.384 e. The van der Waals surface area contributed by atoms with Crippen molar-refractivity contribution in [3.8, 4) is 0 Å². The molecule has 0 unspecified atom stereocenters. The van der Waals surface area contributed by atoms with E-state index in [0.29, 0.717) is 6.54 Å². The first-order valence-corrected chi connectivity index (χ1v) is 8.94. The van der Waals surface area contributed by atoms with Crippen LogP contribution in [0.25, 0.3) is 0 Å². The Morgan fingerprint density at radius 2 is 1.88 bits per heavy atom. The van der Waals surface area contributed by atoms with Gasteiger partial charge >= 0.3 is 0 Å². The van der Waals surface area contributed by atoms with Gasteiger partial charge in [0.1, 0.15) is 6.10 Å². The minimum atomic E-state index is -0.901. The Labute approximate surface area is 143 Å². The predicted molar refractivity (Wildman–Crippen MR) is 92.3 cm³/mol. The number of carbonyl (C=O) groups excluding carboxylic acids is 1. The molecule has 1 aliphatic heterocycles. The zero-order chi connectivity index (χ0) is 17.2. The summed E-state index contributed by atoms with van der Waals surface area (Å²) < 4.78 is 0. The third kappa shape index (κ3) is 4.35. The maximum absolute atomic E-state index is 12.0. The van der Waals surface area contributed by atoms with Crippen molar-refractivity contribution in [3.05, 3.63) is 35.9 Å². The lowest BCUT2D eigenvalue weighted by Crippen LogP contribution is -2.47. The Kier molecular flexibility index (Phi) is 5.23. The lowest BCUT2D eigenvalue weighted by Gasteiger charge is -2.37. The van der Waals surface area contributed by atoms with Gasteiger partial charge in [-0.05, 0) is 57.2 Å². The van der Waals surface area contributed by atoms with E-state index in [9.17, 15) is 15.0 Å². The van der Waals surface area contributed by atoms with Crippen LogP contribution in [0.1, 0.15) is 38.2 Å². The van der Waals surface area contributed by atoms with E-state index in [1.807, 2.05) is 37.3 Å². The van der Waals surface area contributed by atoms with Crippen LogP contribution in [0.15, 0.2) is 30.3 Å². The Hall–Kier alpha value is -1.43. The van der Waals surface area contributed by atoms with Gasteiger partial charge < -0.3 is 20.4 Å². The SMILES string of the molecule is C[C@@](O)(CN1CCC([C@@H](O)C(=O)NC2CC2)CC1)c1ccccc1. The van der Waals surface area contributed by atoms with Crippen molar-refractivity contribution in [1.82, 2.24) is 10.2 Å². The average molecular weight is 332 g/mol. The van der Waals surface area contributed by atoms with E-state index in [2.05, 4.69) is 10.2 Å². The molecule has 1 aromatic rings. The molecule has 0 bridgehead atoms. The molecule has 0 spiro atoms. The summed E-state index contributed by atoms with van der Waals surface area (Å²) in [4.78, 5) is 14.2. The van der Waals surface area contributed by atoms with Gasteiger partial charge in [-0.2, -0.15) is 0 Å². The minimum Gasteiger partial charge on any atom is -0.384 e. The molecule has 0 aromatic heterocycles. The Morgan fingerprint density at radius 1 is 1.25 bits per heavy atom. The third-order valence-corrected chi connectivity index (χ3v) is 5.20. The number of benzene rings is 1. The number of aliphatic hydroxyl groups is 2. The first-order valence-electron chi connectivity index (χ1n) is 8.94. The van der Waals surface area contributed by atoms with Crippen molar-refractivity contribution in [2.45, 2.75) is 50.4 Å². The highest BCUT2D eigenvalue weighted by molar-refractivity contribution is 5.81. The summed E-state index contributed by atoms with van der Waals surface area (Å²) in [5.74, 6) is -0.200. The number of hydrogen-bond acceptors (Lipinski definition) is 4. The van der Waals surface area contributed by atoms with Crippen molar-refractivity contribution in [1.29, 1.82) is 0 Å². The second-order valence-corrected chi connectivity index (χ2v) is 7.48. The standard InChI is InChI=1S/C19H28N2O3/c1-19(24,15-5-3-2-4-6-15)13-21-11-9-14(10-12-21)17(22)18(23)20-16-7-8-16/h2-6,14,16-17,22,24H,7-13H2,1H3,(H,20,23)/t17-,19-/m1/s1. The van der Waals surface area contributed by atoms with E-state index in [-0.39, 0.29) is 17.9 Å². The average Bonchev–Trinajstić information content (AvgIpc) is 3.39. The summed E-state index contributed by atoms with van der Waals surface area (Å²) in [5, 5.41) is 23.9. The number of hydrogen-bond donors (Lipinski definition) is 3. The van der Waals surface area contributed by atoms with E-state index in [1.54, 1.807) is 0 Å². The summed E-state index contributed by atoms with van der Waals surface area (Å²) in [6.07, 6.45) is 2.73. The fourth-order valence-corrected chi connectivity index (χ4v) is 3.48. The number of nitrogens with zero attached hydrogens (tertiary/aromatic N) is 1. The molecular formula is C19H28N2O3. The highest BCUT2D eigenvalue weighted by atomic mass is 16.3. The second kappa shape index (κ2) is 7.21. The van der Waals surface area contributed by atoms with Crippen LogP contribution in [0.2, 0.25) is 0 Å². The van der Waals surface area contributed by atoms with Crippen LogP contribution in [-0.4, -0.2) is 52.8 Å². The molecule has 1 saturated carbocycles. The van der Waals surface area contributed by atoms with Gasteiger partial charge in [-0.25, -0.2) is 0 Å². The van der Waals surface area contributed by atoms with Gasteiger partial charge in [-0.1, -0.05) is 30.3 Å². The van der Waals surface area contributed by atoms with E-state index >= 15 is 0 Å². The van der Waals surface area contributed by atoms with Crippen LogP contribution in [-0.2, 0) is 10.4 Å². The van der Waals surface area contributed by atoms with Gasteiger partial charge in [0.2, 0.25) is 5.91 Å². The molecule has 1 aliphatic carbocycles. The van der Waals surface area contributed by atoms with E-state index in [1.165, 1.54) is 0 Å². The number of carbonyl (C=O) groups is 1. The van der Waals surface area contributed by atoms with Gasteiger partial charge in [-0.3, -0.25) is 4.79 Å². The lowest BCUT2D eigenvalue weighted by atomic mass is 9.89. The van der Waals surface area contributed by atoms with Gasteiger partial charge in [0.15, 0.2) is 0 Å². The number of aliphatic hydroxyl groups excluding tert-OH is 1. The van der Waals surface area contributed by atoms with Crippen LogP contribution >= 0.6 is 0 Å². The zero-order valence-electron chi connectivity index (χ0n) is 14.3. The fourth-order valence-electron chi connectivity index (χ4n) is 3.48. The maximum Gasteiger partial charge on any atom is 0.249 e. The summed E-state index contributed by atoms with van der Waals surface area (Å²) in [5.41, 5.74) is 0.0201. The Balaban J connectivity index is 1.48. The van der Waals surface area contributed by atoms with Crippen LogP contribution < -0.4 is 5.32 Å². The molecule has 1 saturated heterocycles. The second-order valence-electron chi connectivity index (χ2n) is 7.48. The molecule has 1 amide bonds. The highest BCUT2D eigenvalue weighted by Crippen LogP contribution is 2.27. The van der Waals surface area contributed by atoms with Crippen molar-refractivity contribution in [2.24, 2.45) is 5.92 Å². The predicted octanol–water partition coefficient (Wildman–Crippen LogP) is 1.25. The van der Waals surface area contributed by atoms with Crippen LogP contribution in [0.4, 0.5) is 0 Å². The number of amides is 1. The molecule has 3 rings (SSSR count). The molecule has 1 heterocycles. The topological polar surface area (TPSA) is 72.8 Å². The molecule has 0 radical (unpaired) electrons. The molecule has 132 valence electrons. The summed E-state index contributed by atoms with van der Waals surface area (Å²) >= 11 is 0. The van der Waals surface area contributed by atoms with Gasteiger partial charge in [-0.15, -0.1) is 0 Å². The molecule has 5 heteroatoms. The van der Waals surface area contributed by atoms with Gasteiger partial charge in [0, 0.05) is 12.6 Å². The van der Waals surface area contributed by atoms with Crippen molar-refractivity contribution in [3.63, 3.8) is 0 Å². The van der Waals surface area contributed by atoms with Gasteiger partial charge in [0.05, 0.1) is 5.60 Å². The highest BCUT2D eigenvalue weighted by Gasteiger charge is 2.34. The summed E-state index contributed by atoms with van der Waals surface area (Å²) in [7, 11) is 0. The van der Waals surface area contributed by atoms with Crippen molar-refractivity contribution < 1.29 is 15.0 Å². The molecule has 2 aliphatic rings. The quantitative estimate of drug-likeness (QED) is 0.733. The lowest BCUT2D eigenvalue weighted by molar-refractivity contribution is -0.133. The molecule has 5 nitrogen and oxygen atoms in total. The number of β-amino-alcohol motifs (C(OH)–C–C–N with tert-alkyl or cyclic N) is 1. The maximum atomic E-state index is 12.0. The Morgan fingerprint density at radius 3 is 2.46 bits per heavy atom. The number of piperidine rings is 1. The Bertz CT molecular complexity index is 549. The molecule has 24 heavy (non-hydrogen) atoms. The van der Waals surface area contributed by atoms with E-state index < -0.39 is 11.7 Å². The smallest absolute Gasteiger partial charge is 0.249 e. The first kappa shape index (κ1) is 17.4. The summed E-state index contributed by atoms with van der Waals surface area (Å²) in [6, 6.07) is 9.99. The van der Waals surface area contributed by atoms with Crippen LogP contribution in [0.3, 0.4) is 0 Å².